The van der Waals surface area contributed by atoms with Crippen LogP contribution in [0.25, 0.3) is 0 Å². The van der Waals surface area contributed by atoms with Crippen molar-refractivity contribution in [3.8, 4) is 0 Å². The number of halogens is 4. The van der Waals surface area contributed by atoms with E-state index in [2.05, 4.69) is 5.32 Å². The van der Waals surface area contributed by atoms with Crippen LogP contribution in [0.1, 0.15) is 13.3 Å². The highest BCUT2D eigenvalue weighted by atomic mass is 19.2. The summed E-state index contributed by atoms with van der Waals surface area (Å²) in [5, 5.41) is 3.14. The second-order valence-electron chi connectivity index (χ2n) is 4.47. The molecule has 2 rings (SSSR count). The zero-order valence-corrected chi connectivity index (χ0v) is 9.94. The summed E-state index contributed by atoms with van der Waals surface area (Å²) in [6, 6.07) is 0.228. The maximum absolute atomic E-state index is 13.6. The van der Waals surface area contributed by atoms with E-state index in [-0.39, 0.29) is 12.1 Å². The van der Waals surface area contributed by atoms with E-state index in [0.717, 1.165) is 0 Å². The van der Waals surface area contributed by atoms with Crippen molar-refractivity contribution in [1.82, 2.24) is 5.32 Å². The minimum Gasteiger partial charge on any atom is -0.365 e. The highest BCUT2D eigenvalue weighted by molar-refractivity contribution is 5.50. The van der Waals surface area contributed by atoms with Crippen LogP contribution in [-0.4, -0.2) is 25.7 Å². The van der Waals surface area contributed by atoms with Gasteiger partial charge in [0.05, 0.1) is 0 Å². The van der Waals surface area contributed by atoms with Gasteiger partial charge in [-0.2, -0.15) is 0 Å². The molecule has 0 saturated carbocycles. The van der Waals surface area contributed by atoms with Gasteiger partial charge in [-0.3, -0.25) is 0 Å². The molecule has 1 aromatic rings. The molecular formula is C12H14F4N2. The average molecular weight is 262 g/mol. The molecule has 1 saturated heterocycles. The molecule has 0 radical (unpaired) electrons. The van der Waals surface area contributed by atoms with Crippen LogP contribution < -0.4 is 10.2 Å². The molecular weight excluding hydrogens is 248 g/mol. The third kappa shape index (κ3) is 2.43. The van der Waals surface area contributed by atoms with Crippen LogP contribution in [0.3, 0.4) is 0 Å². The summed E-state index contributed by atoms with van der Waals surface area (Å²) in [5.74, 6) is -5.39. The Kier molecular flexibility index (Phi) is 3.75. The molecule has 1 fully saturated rings. The van der Waals surface area contributed by atoms with Crippen molar-refractivity contribution in [3.63, 3.8) is 0 Å². The standard InChI is InChI=1S/C12H14F4N2/c1-7-6-18(4-2-3-17-7)12-10(15)8(13)5-9(14)11(12)16/h5,7,17H,2-4,6H2,1H3. The topological polar surface area (TPSA) is 15.3 Å². The summed E-state index contributed by atoms with van der Waals surface area (Å²) in [6.45, 7) is 3.22. The average Bonchev–Trinajstić information content (AvgIpc) is 2.52. The van der Waals surface area contributed by atoms with Crippen LogP contribution in [0.15, 0.2) is 6.07 Å². The lowest BCUT2D eigenvalue weighted by molar-refractivity contribution is 0.450. The summed E-state index contributed by atoms with van der Waals surface area (Å²) >= 11 is 0. The number of nitrogens with zero attached hydrogens (tertiary/aromatic N) is 1. The van der Waals surface area contributed by atoms with Crippen molar-refractivity contribution in [2.45, 2.75) is 19.4 Å². The fourth-order valence-corrected chi connectivity index (χ4v) is 2.15. The van der Waals surface area contributed by atoms with Crippen LogP contribution in [0.2, 0.25) is 0 Å². The molecule has 0 amide bonds. The number of rotatable bonds is 1. The molecule has 0 spiro atoms. The first-order chi connectivity index (χ1) is 8.50. The second kappa shape index (κ2) is 5.14. The first-order valence-electron chi connectivity index (χ1n) is 5.82. The monoisotopic (exact) mass is 262 g/mol. The zero-order chi connectivity index (χ0) is 13.3. The maximum Gasteiger partial charge on any atom is 0.185 e. The molecule has 1 atom stereocenters. The Bertz CT molecular complexity index is 424. The Morgan fingerprint density at radius 3 is 2.39 bits per heavy atom. The molecule has 1 heterocycles. The smallest absolute Gasteiger partial charge is 0.185 e. The van der Waals surface area contributed by atoms with Crippen molar-refractivity contribution in [2.24, 2.45) is 0 Å². The molecule has 1 aliphatic heterocycles. The quantitative estimate of drug-likeness (QED) is 0.617. The van der Waals surface area contributed by atoms with Crippen molar-refractivity contribution in [1.29, 1.82) is 0 Å². The van der Waals surface area contributed by atoms with Crippen LogP contribution in [0, 0.1) is 23.3 Å². The van der Waals surface area contributed by atoms with Gasteiger partial charge >= 0.3 is 0 Å². The van der Waals surface area contributed by atoms with Gasteiger partial charge in [-0.05, 0) is 19.9 Å². The van der Waals surface area contributed by atoms with Crippen LogP contribution in [0.5, 0.6) is 0 Å². The molecule has 18 heavy (non-hydrogen) atoms. The Hall–Kier alpha value is -1.30. The van der Waals surface area contributed by atoms with Gasteiger partial charge in [0.1, 0.15) is 5.69 Å². The van der Waals surface area contributed by atoms with E-state index in [4.69, 9.17) is 0 Å². The second-order valence-corrected chi connectivity index (χ2v) is 4.47. The van der Waals surface area contributed by atoms with Gasteiger partial charge in [0.15, 0.2) is 23.3 Å². The molecule has 0 aliphatic carbocycles. The van der Waals surface area contributed by atoms with Gasteiger partial charge < -0.3 is 10.2 Å². The van der Waals surface area contributed by atoms with Crippen LogP contribution in [0.4, 0.5) is 23.2 Å². The summed E-state index contributed by atoms with van der Waals surface area (Å²) < 4.78 is 53.6. The minimum absolute atomic E-state index is 0.00220. The van der Waals surface area contributed by atoms with Gasteiger partial charge in [0, 0.05) is 25.2 Å². The van der Waals surface area contributed by atoms with E-state index in [1.54, 1.807) is 0 Å². The van der Waals surface area contributed by atoms with E-state index in [0.29, 0.717) is 26.1 Å². The fourth-order valence-electron chi connectivity index (χ4n) is 2.15. The Balaban J connectivity index is 2.42. The molecule has 1 unspecified atom stereocenters. The first-order valence-corrected chi connectivity index (χ1v) is 5.82. The highest BCUT2D eigenvalue weighted by Crippen LogP contribution is 2.28. The van der Waals surface area contributed by atoms with Gasteiger partial charge in [-0.25, -0.2) is 17.6 Å². The third-order valence-corrected chi connectivity index (χ3v) is 3.00. The Morgan fingerprint density at radius 2 is 1.78 bits per heavy atom. The number of hydrogen-bond donors (Lipinski definition) is 1. The van der Waals surface area contributed by atoms with Crippen molar-refractivity contribution in [3.05, 3.63) is 29.3 Å². The van der Waals surface area contributed by atoms with E-state index < -0.39 is 29.0 Å². The summed E-state index contributed by atoms with van der Waals surface area (Å²) in [7, 11) is 0. The normalized spacial score (nSPS) is 20.9. The minimum atomic E-state index is -1.37. The molecule has 0 aromatic heterocycles. The molecule has 1 aromatic carbocycles. The SMILES string of the molecule is CC1CN(c2c(F)c(F)cc(F)c2F)CCCN1. The number of nitrogens with one attached hydrogen (secondary N) is 1. The van der Waals surface area contributed by atoms with Gasteiger partial charge in [-0.1, -0.05) is 0 Å². The van der Waals surface area contributed by atoms with Gasteiger partial charge in [0.25, 0.3) is 0 Å². The van der Waals surface area contributed by atoms with Crippen molar-refractivity contribution in [2.75, 3.05) is 24.5 Å². The summed E-state index contributed by atoms with van der Waals surface area (Å²) in [5.41, 5.74) is -0.608. The molecule has 6 heteroatoms. The Morgan fingerprint density at radius 1 is 1.17 bits per heavy atom. The van der Waals surface area contributed by atoms with E-state index in [1.807, 2.05) is 6.92 Å². The Labute approximate surface area is 103 Å². The zero-order valence-electron chi connectivity index (χ0n) is 9.94. The fraction of sp³-hybridized carbons (Fsp3) is 0.500. The van der Waals surface area contributed by atoms with Crippen molar-refractivity contribution < 1.29 is 17.6 Å². The molecule has 100 valence electrons. The number of benzene rings is 1. The maximum atomic E-state index is 13.6. The lowest BCUT2D eigenvalue weighted by Gasteiger charge is -2.25. The van der Waals surface area contributed by atoms with Crippen LogP contribution >= 0.6 is 0 Å². The summed E-state index contributed by atoms with van der Waals surface area (Å²) in [4.78, 5) is 1.35. The van der Waals surface area contributed by atoms with Crippen molar-refractivity contribution >= 4 is 5.69 Å². The summed E-state index contributed by atoms with van der Waals surface area (Å²) in [6.07, 6.45) is 0.654. The van der Waals surface area contributed by atoms with E-state index in [1.165, 1.54) is 4.90 Å². The predicted molar refractivity (Wildman–Crippen MR) is 60.6 cm³/mol. The van der Waals surface area contributed by atoms with E-state index in [9.17, 15) is 17.6 Å². The third-order valence-electron chi connectivity index (χ3n) is 3.00. The first kappa shape index (κ1) is 13.1. The number of hydrogen-bond acceptors (Lipinski definition) is 2. The molecule has 2 nitrogen and oxygen atoms in total. The lowest BCUT2D eigenvalue weighted by atomic mass is 10.2. The molecule has 1 N–H and O–H groups in total. The predicted octanol–water partition coefficient (Wildman–Crippen LogP) is 2.43. The van der Waals surface area contributed by atoms with Gasteiger partial charge in [0.2, 0.25) is 0 Å². The van der Waals surface area contributed by atoms with Crippen LogP contribution in [-0.2, 0) is 0 Å². The largest absolute Gasteiger partial charge is 0.365 e. The highest BCUT2D eigenvalue weighted by Gasteiger charge is 2.25. The van der Waals surface area contributed by atoms with Gasteiger partial charge in [-0.15, -0.1) is 0 Å². The lowest BCUT2D eigenvalue weighted by Crippen LogP contribution is -2.36. The molecule has 1 aliphatic rings. The van der Waals surface area contributed by atoms with E-state index >= 15 is 0 Å². The molecule has 0 bridgehead atoms. The number of anilines is 1.